The Labute approximate surface area is 111 Å². The smallest absolute Gasteiger partial charge is 0.257 e. The molecule has 2 N–H and O–H groups in total. The van der Waals surface area contributed by atoms with E-state index in [1.54, 1.807) is 0 Å². The minimum atomic E-state index is -0.817. The van der Waals surface area contributed by atoms with Crippen molar-refractivity contribution in [1.29, 1.82) is 0 Å². The second kappa shape index (κ2) is 5.65. The van der Waals surface area contributed by atoms with Gasteiger partial charge in [-0.05, 0) is 44.9 Å². The lowest BCUT2D eigenvalue weighted by atomic mass is 10.00. The van der Waals surface area contributed by atoms with Crippen molar-refractivity contribution in [2.75, 3.05) is 6.54 Å². The topological polar surface area (TPSA) is 41.1 Å². The summed E-state index contributed by atoms with van der Waals surface area (Å²) in [7, 11) is 0. The molecule has 1 saturated heterocycles. The van der Waals surface area contributed by atoms with Gasteiger partial charge in [0, 0.05) is 12.1 Å². The van der Waals surface area contributed by atoms with Crippen molar-refractivity contribution in [3.63, 3.8) is 0 Å². The predicted octanol–water partition coefficient (Wildman–Crippen LogP) is 2.14. The molecule has 5 heteroatoms. The van der Waals surface area contributed by atoms with E-state index in [4.69, 9.17) is 0 Å². The first-order chi connectivity index (χ1) is 8.99. The quantitative estimate of drug-likeness (QED) is 0.863. The second-order valence-corrected chi connectivity index (χ2v) is 5.10. The molecule has 0 spiro atoms. The number of aryl methyl sites for hydroxylation is 1. The first-order valence-electron chi connectivity index (χ1n) is 6.48. The van der Waals surface area contributed by atoms with Crippen LogP contribution in [0.5, 0.6) is 0 Å². The molecule has 0 aromatic heterocycles. The highest BCUT2D eigenvalue weighted by Gasteiger charge is 2.24. The van der Waals surface area contributed by atoms with Gasteiger partial charge >= 0.3 is 0 Å². The van der Waals surface area contributed by atoms with Crippen LogP contribution < -0.4 is 10.6 Å². The normalized spacial score (nSPS) is 23.2. The Morgan fingerprint density at radius 3 is 2.84 bits per heavy atom. The Bertz CT molecular complexity index is 491. The summed E-state index contributed by atoms with van der Waals surface area (Å²) in [5, 5.41) is 5.97. The van der Waals surface area contributed by atoms with Crippen molar-refractivity contribution in [3.8, 4) is 0 Å². The average Bonchev–Trinajstić information content (AvgIpc) is 2.34. The maximum absolute atomic E-state index is 13.8. The van der Waals surface area contributed by atoms with Crippen LogP contribution in [0.4, 0.5) is 8.78 Å². The van der Waals surface area contributed by atoms with E-state index in [-0.39, 0.29) is 11.6 Å². The molecule has 2 unspecified atom stereocenters. The highest BCUT2D eigenvalue weighted by atomic mass is 19.1. The van der Waals surface area contributed by atoms with E-state index in [1.165, 1.54) is 13.0 Å². The van der Waals surface area contributed by atoms with Crippen molar-refractivity contribution in [2.24, 2.45) is 0 Å². The minimum Gasteiger partial charge on any atom is -0.349 e. The van der Waals surface area contributed by atoms with Crippen LogP contribution in [0.15, 0.2) is 12.1 Å². The molecule has 0 bridgehead atoms. The van der Waals surface area contributed by atoms with Crippen molar-refractivity contribution in [1.82, 2.24) is 10.6 Å². The number of halogens is 2. The van der Waals surface area contributed by atoms with Gasteiger partial charge in [-0.25, -0.2) is 8.78 Å². The van der Waals surface area contributed by atoms with E-state index < -0.39 is 23.1 Å². The summed E-state index contributed by atoms with van der Waals surface area (Å²) in [6.45, 7) is 4.33. The van der Waals surface area contributed by atoms with Gasteiger partial charge in [0.1, 0.15) is 17.2 Å². The van der Waals surface area contributed by atoms with Crippen LogP contribution in [0.1, 0.15) is 35.7 Å². The molecular weight excluding hydrogens is 250 g/mol. The number of nitrogens with one attached hydrogen (secondary N) is 2. The van der Waals surface area contributed by atoms with Gasteiger partial charge < -0.3 is 10.6 Å². The summed E-state index contributed by atoms with van der Waals surface area (Å²) >= 11 is 0. The van der Waals surface area contributed by atoms with E-state index in [0.717, 1.165) is 25.5 Å². The van der Waals surface area contributed by atoms with Gasteiger partial charge in [-0.15, -0.1) is 0 Å². The van der Waals surface area contributed by atoms with Gasteiger partial charge in [0.25, 0.3) is 5.91 Å². The van der Waals surface area contributed by atoms with E-state index in [9.17, 15) is 13.6 Å². The number of rotatable bonds is 2. The van der Waals surface area contributed by atoms with Crippen LogP contribution in [0, 0.1) is 18.6 Å². The van der Waals surface area contributed by atoms with Gasteiger partial charge in [-0.2, -0.15) is 0 Å². The van der Waals surface area contributed by atoms with Crippen molar-refractivity contribution < 1.29 is 13.6 Å². The van der Waals surface area contributed by atoms with Crippen molar-refractivity contribution >= 4 is 5.91 Å². The number of piperidine rings is 1. The molecule has 1 aliphatic heterocycles. The van der Waals surface area contributed by atoms with Crippen LogP contribution in [0.3, 0.4) is 0 Å². The molecule has 104 valence electrons. The second-order valence-electron chi connectivity index (χ2n) is 5.10. The SMILES string of the molecule is Cc1ccc(F)c(C(=O)NC2CCNC(C)C2)c1F. The largest absolute Gasteiger partial charge is 0.349 e. The molecular formula is C14H18F2N2O. The number of amides is 1. The third kappa shape index (κ3) is 3.10. The molecule has 1 amide bonds. The molecule has 0 radical (unpaired) electrons. The van der Waals surface area contributed by atoms with Crippen LogP contribution in [-0.2, 0) is 0 Å². The number of hydrogen-bond acceptors (Lipinski definition) is 2. The number of hydrogen-bond donors (Lipinski definition) is 2. The molecule has 0 saturated carbocycles. The standard InChI is InChI=1S/C14H18F2N2O/c1-8-3-4-11(15)12(13(8)16)14(19)18-10-5-6-17-9(2)7-10/h3-4,9-10,17H,5-7H2,1-2H3,(H,18,19). The molecule has 0 aliphatic carbocycles. The Morgan fingerprint density at radius 1 is 1.42 bits per heavy atom. The molecule has 1 aliphatic rings. The lowest BCUT2D eigenvalue weighted by Crippen LogP contribution is -2.46. The highest BCUT2D eigenvalue weighted by Crippen LogP contribution is 2.17. The molecule has 1 heterocycles. The predicted molar refractivity (Wildman–Crippen MR) is 69.0 cm³/mol. The lowest BCUT2D eigenvalue weighted by Gasteiger charge is -2.28. The zero-order valence-electron chi connectivity index (χ0n) is 11.1. The van der Waals surface area contributed by atoms with Gasteiger partial charge in [-0.3, -0.25) is 4.79 Å². The van der Waals surface area contributed by atoms with Gasteiger partial charge in [0.15, 0.2) is 0 Å². The van der Waals surface area contributed by atoms with Crippen LogP contribution in [-0.4, -0.2) is 24.5 Å². The van der Waals surface area contributed by atoms with Gasteiger partial charge in [0.2, 0.25) is 0 Å². The summed E-state index contributed by atoms with van der Waals surface area (Å²) in [6.07, 6.45) is 1.53. The summed E-state index contributed by atoms with van der Waals surface area (Å²) in [5.41, 5.74) is -0.212. The summed E-state index contributed by atoms with van der Waals surface area (Å²) < 4.78 is 27.4. The third-order valence-corrected chi connectivity index (χ3v) is 3.47. The zero-order valence-corrected chi connectivity index (χ0v) is 11.1. The van der Waals surface area contributed by atoms with Gasteiger partial charge in [-0.1, -0.05) is 6.07 Å². The van der Waals surface area contributed by atoms with Crippen LogP contribution in [0.25, 0.3) is 0 Å². The Balaban J connectivity index is 2.14. The van der Waals surface area contributed by atoms with E-state index in [2.05, 4.69) is 10.6 Å². The Hall–Kier alpha value is -1.49. The molecule has 2 atom stereocenters. The zero-order chi connectivity index (χ0) is 14.0. The number of carbonyl (C=O) groups excluding carboxylic acids is 1. The molecule has 1 fully saturated rings. The maximum atomic E-state index is 13.8. The fraction of sp³-hybridized carbons (Fsp3) is 0.500. The average molecular weight is 268 g/mol. The Kier molecular flexibility index (Phi) is 4.14. The first-order valence-corrected chi connectivity index (χ1v) is 6.48. The third-order valence-electron chi connectivity index (χ3n) is 3.47. The molecule has 1 aromatic carbocycles. The van der Waals surface area contributed by atoms with E-state index in [0.29, 0.717) is 6.04 Å². The van der Waals surface area contributed by atoms with Crippen molar-refractivity contribution in [3.05, 3.63) is 34.9 Å². The number of benzene rings is 1. The fourth-order valence-electron chi connectivity index (χ4n) is 2.39. The summed E-state index contributed by atoms with van der Waals surface area (Å²) in [5.74, 6) is -2.26. The molecule has 3 nitrogen and oxygen atoms in total. The number of carbonyl (C=O) groups is 1. The van der Waals surface area contributed by atoms with Crippen LogP contribution in [0.2, 0.25) is 0 Å². The van der Waals surface area contributed by atoms with E-state index >= 15 is 0 Å². The molecule has 1 aromatic rings. The first kappa shape index (κ1) is 13.9. The fourth-order valence-corrected chi connectivity index (χ4v) is 2.39. The maximum Gasteiger partial charge on any atom is 0.257 e. The minimum absolute atomic E-state index is 0.0388. The summed E-state index contributed by atoms with van der Waals surface area (Å²) in [6, 6.07) is 2.71. The highest BCUT2D eigenvalue weighted by molar-refractivity contribution is 5.95. The molecule has 2 rings (SSSR count). The Morgan fingerprint density at radius 2 is 2.16 bits per heavy atom. The monoisotopic (exact) mass is 268 g/mol. The van der Waals surface area contributed by atoms with Crippen LogP contribution >= 0.6 is 0 Å². The molecule has 19 heavy (non-hydrogen) atoms. The van der Waals surface area contributed by atoms with E-state index in [1.807, 2.05) is 6.92 Å². The van der Waals surface area contributed by atoms with Gasteiger partial charge in [0.05, 0.1) is 0 Å². The lowest BCUT2D eigenvalue weighted by molar-refractivity contribution is 0.0917. The van der Waals surface area contributed by atoms with Crippen molar-refractivity contribution in [2.45, 2.75) is 38.8 Å². The summed E-state index contributed by atoms with van der Waals surface area (Å²) in [4.78, 5) is 12.0.